The van der Waals surface area contributed by atoms with Crippen LogP contribution in [0.3, 0.4) is 0 Å². The van der Waals surface area contributed by atoms with Crippen LogP contribution in [0.4, 0.5) is 17.2 Å². The van der Waals surface area contributed by atoms with E-state index in [0.717, 1.165) is 92.2 Å². The third kappa shape index (κ3) is 6.46. The molecule has 3 aromatic rings. The van der Waals surface area contributed by atoms with Gasteiger partial charge in [-0.2, -0.15) is 0 Å². The molecule has 2 aliphatic heterocycles. The predicted octanol–water partition coefficient (Wildman–Crippen LogP) is 3.69. The molecule has 212 valence electrons. The first-order valence-corrected chi connectivity index (χ1v) is 14.4. The molecule has 2 fully saturated rings. The van der Waals surface area contributed by atoms with E-state index in [4.69, 9.17) is 21.2 Å². The molecule has 1 unspecified atom stereocenters. The Morgan fingerprint density at radius 1 is 1.18 bits per heavy atom. The summed E-state index contributed by atoms with van der Waals surface area (Å²) in [6, 6.07) is 10.7. The molecule has 6 N–H and O–H groups in total. The van der Waals surface area contributed by atoms with Gasteiger partial charge in [0.25, 0.3) is 5.91 Å². The van der Waals surface area contributed by atoms with Crippen molar-refractivity contribution in [1.29, 1.82) is 0 Å². The second kappa shape index (κ2) is 13.0. The number of hydrogen-bond donors (Lipinski definition) is 4. The van der Waals surface area contributed by atoms with Crippen LogP contribution in [-0.2, 0) is 11.2 Å². The van der Waals surface area contributed by atoms with Crippen LogP contribution >= 0.6 is 11.3 Å². The van der Waals surface area contributed by atoms with Crippen LogP contribution in [0.5, 0.6) is 0 Å². The number of rotatable bonds is 9. The molecule has 2 saturated heterocycles. The molecule has 1 amide bonds. The number of anilines is 3. The lowest BCUT2D eigenvalue weighted by molar-refractivity contribution is 0.100. The number of nitrogens with zero attached hydrogens (tertiary/aromatic N) is 3. The van der Waals surface area contributed by atoms with Crippen molar-refractivity contribution in [3.05, 3.63) is 46.3 Å². The van der Waals surface area contributed by atoms with Gasteiger partial charge in [-0.15, -0.1) is 11.3 Å². The van der Waals surface area contributed by atoms with Crippen molar-refractivity contribution < 1.29 is 14.6 Å². The van der Waals surface area contributed by atoms with Gasteiger partial charge >= 0.3 is 0 Å². The first-order valence-electron chi connectivity index (χ1n) is 13.5. The molecule has 4 heterocycles. The monoisotopic (exact) mass is 554 g/mol. The number of aryl methyl sites for hydroxylation is 1. The lowest BCUT2D eigenvalue weighted by Crippen LogP contribution is -2.44. The minimum Gasteiger partial charge on any atom is -0.397 e. The fraction of sp³-hybridized carbons (Fsp3) is 0.517. The summed E-state index contributed by atoms with van der Waals surface area (Å²) in [5.74, 6) is 0.425. The van der Waals surface area contributed by atoms with Crippen LogP contribution in [-0.4, -0.2) is 68.0 Å². The maximum absolute atomic E-state index is 11.8. The van der Waals surface area contributed by atoms with E-state index >= 15 is 0 Å². The summed E-state index contributed by atoms with van der Waals surface area (Å²) in [4.78, 5) is 22.5. The Balaban J connectivity index is 0.00000353. The molecule has 0 saturated carbocycles. The van der Waals surface area contributed by atoms with Gasteiger partial charge in [0.2, 0.25) is 0 Å². The largest absolute Gasteiger partial charge is 0.397 e. The maximum Gasteiger partial charge on any atom is 0.260 e. The number of primary amides is 1. The fourth-order valence-electron chi connectivity index (χ4n) is 5.43. The van der Waals surface area contributed by atoms with E-state index in [2.05, 4.69) is 40.2 Å². The Hall–Kier alpha value is -2.92. The van der Waals surface area contributed by atoms with Gasteiger partial charge in [-0.3, -0.25) is 4.79 Å². The Morgan fingerprint density at radius 2 is 1.87 bits per heavy atom. The molecule has 10 heteroatoms. The molecule has 9 nitrogen and oxygen atoms in total. The first kappa shape index (κ1) is 29.1. The number of nitrogens with one attached hydrogen (secondary N) is 1. The standard InChI is InChI=1S/C28H38N6O3S.CH4/c1-2-3-19-16-23(32-28-24(19)25(29)26(38-28)27(30)36)34-10-8-20(9-11-34)31-17-22(35)18-4-6-21(7-5-18)33-12-14-37-15-13-33;/h4-7,16,20,22,31,35H,2-3,8-15,17,29H2,1H3,(H2,30,36);1H4. The second-order valence-corrected chi connectivity index (χ2v) is 11.2. The van der Waals surface area contributed by atoms with E-state index < -0.39 is 12.0 Å². The van der Waals surface area contributed by atoms with Crippen molar-refractivity contribution >= 4 is 44.7 Å². The first-order chi connectivity index (χ1) is 18.4. The molecule has 0 radical (unpaired) electrons. The molecule has 0 spiro atoms. The summed E-state index contributed by atoms with van der Waals surface area (Å²) < 4.78 is 5.43. The Kier molecular flexibility index (Phi) is 9.66. The van der Waals surface area contributed by atoms with Crippen molar-refractivity contribution in [3.8, 4) is 0 Å². The van der Waals surface area contributed by atoms with Crippen molar-refractivity contribution in [2.24, 2.45) is 5.73 Å². The van der Waals surface area contributed by atoms with E-state index in [1.165, 1.54) is 17.0 Å². The number of morpholine rings is 1. The Morgan fingerprint density at radius 3 is 2.51 bits per heavy atom. The average molecular weight is 555 g/mol. The van der Waals surface area contributed by atoms with Gasteiger partial charge in [-0.25, -0.2) is 4.98 Å². The quantitative estimate of drug-likeness (QED) is 0.315. The number of benzene rings is 1. The number of aliphatic hydroxyl groups is 1. The van der Waals surface area contributed by atoms with E-state index in [1.807, 2.05) is 12.1 Å². The van der Waals surface area contributed by atoms with Crippen LogP contribution in [0.15, 0.2) is 30.3 Å². The second-order valence-electron chi connectivity index (χ2n) is 10.2. The van der Waals surface area contributed by atoms with Gasteiger partial charge in [-0.1, -0.05) is 32.9 Å². The van der Waals surface area contributed by atoms with Gasteiger partial charge in [0.15, 0.2) is 0 Å². The average Bonchev–Trinajstić information content (AvgIpc) is 3.29. The smallest absolute Gasteiger partial charge is 0.260 e. The Labute approximate surface area is 235 Å². The van der Waals surface area contributed by atoms with Crippen LogP contribution in [0.2, 0.25) is 0 Å². The number of pyridine rings is 1. The molecule has 39 heavy (non-hydrogen) atoms. The van der Waals surface area contributed by atoms with Gasteiger partial charge in [0.05, 0.1) is 25.0 Å². The third-order valence-corrected chi connectivity index (χ3v) is 8.70. The summed E-state index contributed by atoms with van der Waals surface area (Å²) >= 11 is 1.28. The van der Waals surface area contributed by atoms with E-state index in [0.29, 0.717) is 23.2 Å². The zero-order valence-corrected chi connectivity index (χ0v) is 22.8. The number of aromatic nitrogens is 1. The molecule has 2 aliphatic rings. The van der Waals surface area contributed by atoms with Crippen LogP contribution in [0, 0.1) is 0 Å². The third-order valence-electron chi connectivity index (χ3n) is 7.58. The molecule has 1 aromatic carbocycles. The van der Waals surface area contributed by atoms with Crippen molar-refractivity contribution in [1.82, 2.24) is 10.3 Å². The normalized spacial score (nSPS) is 17.3. The van der Waals surface area contributed by atoms with E-state index in [-0.39, 0.29) is 7.43 Å². The number of carbonyl (C=O) groups excluding carboxylic acids is 1. The number of ether oxygens (including phenoxy) is 1. The van der Waals surface area contributed by atoms with Gasteiger partial charge < -0.3 is 36.4 Å². The van der Waals surface area contributed by atoms with E-state index in [1.54, 1.807) is 0 Å². The van der Waals surface area contributed by atoms with Gasteiger partial charge in [0.1, 0.15) is 15.5 Å². The maximum atomic E-state index is 11.8. The molecule has 0 aliphatic carbocycles. The predicted molar refractivity (Wildman–Crippen MR) is 161 cm³/mol. The zero-order valence-electron chi connectivity index (χ0n) is 22.0. The minimum atomic E-state index is -0.545. The molecule has 2 aromatic heterocycles. The van der Waals surface area contributed by atoms with Crippen molar-refractivity contribution in [2.45, 2.75) is 52.2 Å². The van der Waals surface area contributed by atoms with Gasteiger partial charge in [-0.05, 0) is 48.6 Å². The minimum absolute atomic E-state index is 0. The molecular formula is C29H42N6O3S. The summed E-state index contributed by atoms with van der Waals surface area (Å²) in [6.07, 6.45) is 3.23. The highest BCUT2D eigenvalue weighted by Crippen LogP contribution is 2.37. The number of nitrogens with two attached hydrogens (primary N) is 2. The number of aliphatic hydroxyl groups excluding tert-OH is 1. The van der Waals surface area contributed by atoms with Crippen LogP contribution < -0.4 is 26.6 Å². The summed E-state index contributed by atoms with van der Waals surface area (Å²) in [6.45, 7) is 7.73. The number of fused-ring (bicyclic) bond motifs is 1. The lowest BCUT2D eigenvalue weighted by Gasteiger charge is -2.34. The van der Waals surface area contributed by atoms with Crippen molar-refractivity contribution in [3.63, 3.8) is 0 Å². The molecule has 0 bridgehead atoms. The summed E-state index contributed by atoms with van der Waals surface area (Å²) in [7, 11) is 0. The molecule has 1 atom stereocenters. The number of thiophene rings is 1. The van der Waals surface area contributed by atoms with Crippen LogP contribution in [0.1, 0.15) is 60.5 Å². The molecule has 5 rings (SSSR count). The fourth-order valence-corrected chi connectivity index (χ4v) is 6.42. The lowest BCUT2D eigenvalue weighted by atomic mass is 10.0. The highest BCUT2D eigenvalue weighted by atomic mass is 32.1. The highest BCUT2D eigenvalue weighted by Gasteiger charge is 2.24. The number of piperidine rings is 1. The molecular weight excluding hydrogens is 512 g/mol. The number of amides is 1. The SMILES string of the molecule is C.CCCc1cc(N2CCC(NCC(O)c3ccc(N4CCOCC4)cc3)CC2)nc2sc(C(N)=O)c(N)c12. The Bertz CT molecular complexity index is 1250. The van der Waals surface area contributed by atoms with Gasteiger partial charge in [0, 0.05) is 49.8 Å². The van der Waals surface area contributed by atoms with E-state index in [9.17, 15) is 9.90 Å². The number of hydrogen-bond acceptors (Lipinski definition) is 9. The number of nitrogen functional groups attached to an aromatic ring is 1. The number of carbonyl (C=O) groups is 1. The zero-order chi connectivity index (χ0) is 26.6. The van der Waals surface area contributed by atoms with Crippen LogP contribution in [0.25, 0.3) is 10.2 Å². The summed E-state index contributed by atoms with van der Waals surface area (Å²) in [5.41, 5.74) is 15.5. The topological polar surface area (TPSA) is 130 Å². The van der Waals surface area contributed by atoms with Crippen molar-refractivity contribution in [2.75, 3.05) is 61.5 Å². The summed E-state index contributed by atoms with van der Waals surface area (Å²) in [5, 5.41) is 15.2. The highest BCUT2D eigenvalue weighted by molar-refractivity contribution is 7.21.